The zero-order valence-corrected chi connectivity index (χ0v) is 17.4. The van der Waals surface area contributed by atoms with Gasteiger partial charge in [-0.1, -0.05) is 35.3 Å². The van der Waals surface area contributed by atoms with Crippen LogP contribution in [0, 0.1) is 6.92 Å². The highest BCUT2D eigenvalue weighted by Gasteiger charge is 2.59. The lowest BCUT2D eigenvalue weighted by Gasteiger charge is -2.28. The molecule has 0 bridgehead atoms. The van der Waals surface area contributed by atoms with Gasteiger partial charge in [0.05, 0.1) is 5.70 Å². The molecule has 2 aromatic carbocycles. The SMILES string of the molecule is COCC(=O)Nc1cc(C2=CC(c3cc(Cl)cc(Cl)c3)(C(F)(F)F)ON2)ccc1C. The minimum absolute atomic E-state index is 0.0463. The van der Waals surface area contributed by atoms with Gasteiger partial charge in [-0.15, -0.1) is 0 Å². The number of anilines is 1. The second-order valence-corrected chi connectivity index (χ2v) is 7.54. The zero-order valence-electron chi connectivity index (χ0n) is 15.9. The normalized spacial score (nSPS) is 18.7. The van der Waals surface area contributed by atoms with Gasteiger partial charge in [0, 0.05) is 34.0 Å². The molecule has 0 fully saturated rings. The topological polar surface area (TPSA) is 59.6 Å². The van der Waals surface area contributed by atoms with Crippen LogP contribution in [0.4, 0.5) is 18.9 Å². The Hall–Kier alpha value is -2.26. The van der Waals surface area contributed by atoms with Gasteiger partial charge in [-0.2, -0.15) is 13.2 Å². The molecular weight excluding hydrogens is 444 g/mol. The number of rotatable bonds is 5. The lowest BCUT2D eigenvalue weighted by molar-refractivity contribution is -0.269. The Morgan fingerprint density at radius 3 is 2.47 bits per heavy atom. The van der Waals surface area contributed by atoms with Gasteiger partial charge in [-0.05, 0) is 42.8 Å². The van der Waals surface area contributed by atoms with Crippen LogP contribution in [0.1, 0.15) is 16.7 Å². The van der Waals surface area contributed by atoms with Crippen molar-refractivity contribution in [3.63, 3.8) is 0 Å². The summed E-state index contributed by atoms with van der Waals surface area (Å²) in [5.41, 5.74) is 0.915. The molecular formula is C20H17Cl2F3N2O3. The van der Waals surface area contributed by atoms with E-state index in [2.05, 4.69) is 10.8 Å². The van der Waals surface area contributed by atoms with E-state index in [1.807, 2.05) is 0 Å². The monoisotopic (exact) mass is 460 g/mol. The molecule has 1 aliphatic heterocycles. The van der Waals surface area contributed by atoms with Crippen LogP contribution in [0.15, 0.2) is 42.5 Å². The van der Waals surface area contributed by atoms with Gasteiger partial charge in [-0.3, -0.25) is 15.1 Å². The lowest BCUT2D eigenvalue weighted by atomic mass is 9.91. The number of benzene rings is 2. The van der Waals surface area contributed by atoms with E-state index in [9.17, 15) is 18.0 Å². The first-order valence-electron chi connectivity index (χ1n) is 8.66. The molecule has 1 atom stereocenters. The van der Waals surface area contributed by atoms with Gasteiger partial charge in [0.2, 0.25) is 11.5 Å². The minimum Gasteiger partial charge on any atom is -0.375 e. The molecule has 10 heteroatoms. The fraction of sp³-hybridized carbons (Fsp3) is 0.250. The summed E-state index contributed by atoms with van der Waals surface area (Å²) in [7, 11) is 1.38. The second kappa shape index (κ2) is 8.47. The summed E-state index contributed by atoms with van der Waals surface area (Å²) in [6.07, 6.45) is -3.89. The predicted molar refractivity (Wildman–Crippen MR) is 108 cm³/mol. The van der Waals surface area contributed by atoms with Crippen LogP contribution in [0.2, 0.25) is 10.0 Å². The largest absolute Gasteiger partial charge is 0.428 e. The van der Waals surface area contributed by atoms with Crippen LogP contribution in [-0.2, 0) is 20.0 Å². The third-order valence-electron chi connectivity index (χ3n) is 4.48. The molecule has 1 unspecified atom stereocenters. The van der Waals surface area contributed by atoms with E-state index in [1.54, 1.807) is 25.1 Å². The first-order chi connectivity index (χ1) is 14.1. The number of carbonyl (C=O) groups is 1. The molecule has 3 rings (SSSR count). The van der Waals surface area contributed by atoms with E-state index in [0.717, 1.165) is 23.8 Å². The number of methoxy groups -OCH3 is 1. The highest BCUT2D eigenvalue weighted by molar-refractivity contribution is 6.34. The number of carbonyl (C=O) groups excluding carboxylic acids is 1. The molecule has 0 saturated carbocycles. The standard InChI is InChI=1S/C20H17Cl2F3N2O3/c1-11-3-4-12(5-16(11)26-18(28)10-29-2)17-9-19(30-27-17,20(23,24)25)13-6-14(21)8-15(22)7-13/h3-9,27H,10H2,1-2H3,(H,26,28). The van der Waals surface area contributed by atoms with E-state index < -0.39 is 11.8 Å². The van der Waals surface area contributed by atoms with Gasteiger partial charge in [0.15, 0.2) is 0 Å². The molecule has 0 spiro atoms. The minimum atomic E-state index is -4.81. The molecule has 0 saturated heterocycles. The maximum absolute atomic E-state index is 14.1. The average Bonchev–Trinajstić information content (AvgIpc) is 3.10. The molecule has 160 valence electrons. The van der Waals surface area contributed by atoms with E-state index in [1.165, 1.54) is 13.2 Å². The number of hydrogen-bond donors (Lipinski definition) is 2. The number of hydrogen-bond acceptors (Lipinski definition) is 4. The Bertz CT molecular complexity index is 991. The van der Waals surface area contributed by atoms with E-state index in [0.29, 0.717) is 11.3 Å². The molecule has 30 heavy (non-hydrogen) atoms. The number of nitrogens with one attached hydrogen (secondary N) is 2. The summed E-state index contributed by atoms with van der Waals surface area (Å²) < 4.78 is 47.0. The first kappa shape index (κ1) is 22.4. The van der Waals surface area contributed by atoms with Gasteiger partial charge in [-0.25, -0.2) is 0 Å². The van der Waals surface area contributed by atoms with Crippen molar-refractivity contribution in [3.8, 4) is 0 Å². The summed E-state index contributed by atoms with van der Waals surface area (Å²) in [4.78, 5) is 16.9. The van der Waals surface area contributed by atoms with Crippen molar-refractivity contribution < 1.29 is 27.5 Å². The van der Waals surface area contributed by atoms with Crippen LogP contribution in [0.3, 0.4) is 0 Å². The number of aryl methyl sites for hydroxylation is 1. The lowest BCUT2D eigenvalue weighted by Crippen LogP contribution is -2.42. The van der Waals surface area contributed by atoms with Crippen molar-refractivity contribution in [3.05, 3.63) is 69.2 Å². The Morgan fingerprint density at radius 1 is 1.20 bits per heavy atom. The summed E-state index contributed by atoms with van der Waals surface area (Å²) in [5, 5.41) is 2.75. The highest BCUT2D eigenvalue weighted by atomic mass is 35.5. The quantitative estimate of drug-likeness (QED) is 0.641. The van der Waals surface area contributed by atoms with Gasteiger partial charge in [0.1, 0.15) is 6.61 Å². The number of amides is 1. The molecule has 1 aliphatic rings. The van der Waals surface area contributed by atoms with Crippen LogP contribution < -0.4 is 10.8 Å². The van der Waals surface area contributed by atoms with Crippen LogP contribution in [-0.4, -0.2) is 25.8 Å². The fourth-order valence-electron chi connectivity index (χ4n) is 3.00. The highest BCUT2D eigenvalue weighted by Crippen LogP contribution is 2.48. The Kier molecular flexibility index (Phi) is 6.33. The van der Waals surface area contributed by atoms with Crippen molar-refractivity contribution in [2.45, 2.75) is 18.7 Å². The van der Waals surface area contributed by atoms with Crippen LogP contribution in [0.5, 0.6) is 0 Å². The third-order valence-corrected chi connectivity index (χ3v) is 4.92. The van der Waals surface area contributed by atoms with Crippen molar-refractivity contribution >= 4 is 40.5 Å². The van der Waals surface area contributed by atoms with Gasteiger partial charge < -0.3 is 10.1 Å². The maximum atomic E-state index is 14.1. The molecule has 0 radical (unpaired) electrons. The second-order valence-electron chi connectivity index (χ2n) is 6.66. The number of ether oxygens (including phenoxy) is 1. The smallest absolute Gasteiger partial charge is 0.375 e. The molecule has 1 heterocycles. The van der Waals surface area contributed by atoms with Crippen molar-refractivity contribution in [2.24, 2.45) is 0 Å². The molecule has 0 aromatic heterocycles. The van der Waals surface area contributed by atoms with E-state index in [-0.39, 0.29) is 33.8 Å². The Balaban J connectivity index is 2.04. The summed E-state index contributed by atoms with van der Waals surface area (Å²) in [6, 6.07) is 8.45. The average molecular weight is 461 g/mol. The number of halogens is 5. The molecule has 5 nitrogen and oxygen atoms in total. The zero-order chi connectivity index (χ0) is 22.1. The summed E-state index contributed by atoms with van der Waals surface area (Å²) >= 11 is 11.8. The third kappa shape index (κ3) is 4.41. The first-order valence-corrected chi connectivity index (χ1v) is 9.41. The number of alkyl halides is 3. The summed E-state index contributed by atoms with van der Waals surface area (Å²) in [6.45, 7) is 1.60. The Morgan fingerprint density at radius 2 is 1.87 bits per heavy atom. The predicted octanol–water partition coefficient (Wildman–Crippen LogP) is 5.22. The maximum Gasteiger partial charge on any atom is 0.428 e. The molecule has 2 N–H and O–H groups in total. The van der Waals surface area contributed by atoms with E-state index in [4.69, 9.17) is 32.8 Å². The fourth-order valence-corrected chi connectivity index (χ4v) is 3.52. The van der Waals surface area contributed by atoms with Crippen molar-refractivity contribution in [1.82, 2.24) is 5.48 Å². The Labute approximate surface area is 180 Å². The van der Waals surface area contributed by atoms with E-state index >= 15 is 0 Å². The number of hydroxylamine groups is 1. The summed E-state index contributed by atoms with van der Waals surface area (Å²) in [5.74, 6) is -0.388. The van der Waals surface area contributed by atoms with Crippen LogP contribution >= 0.6 is 23.2 Å². The van der Waals surface area contributed by atoms with Crippen molar-refractivity contribution in [1.29, 1.82) is 0 Å². The van der Waals surface area contributed by atoms with Gasteiger partial charge in [0.25, 0.3) is 0 Å². The molecule has 0 aliphatic carbocycles. The molecule has 1 amide bonds. The van der Waals surface area contributed by atoms with Crippen molar-refractivity contribution in [2.75, 3.05) is 19.0 Å². The van der Waals surface area contributed by atoms with Crippen LogP contribution in [0.25, 0.3) is 5.70 Å². The molecule has 2 aromatic rings. The van der Waals surface area contributed by atoms with Gasteiger partial charge >= 0.3 is 6.18 Å².